The lowest BCUT2D eigenvalue weighted by Gasteiger charge is -2.15. The number of nitrogens with zero attached hydrogens (tertiary/aromatic N) is 1. The summed E-state index contributed by atoms with van der Waals surface area (Å²) in [6.45, 7) is -0.401. The van der Waals surface area contributed by atoms with Gasteiger partial charge in [0.15, 0.2) is 0 Å². The smallest absolute Gasteiger partial charge is 0.222 e. The average Bonchev–Trinajstić information content (AvgIpc) is 2.15. The molecule has 0 N–H and O–H groups in total. The van der Waals surface area contributed by atoms with Crippen LogP contribution in [0.25, 0.3) is 0 Å². The van der Waals surface area contributed by atoms with Crippen molar-refractivity contribution in [2.45, 2.75) is 18.9 Å². The summed E-state index contributed by atoms with van der Waals surface area (Å²) in [6.07, 6.45) is 1.21. The first-order chi connectivity index (χ1) is 4.25. The second-order valence-electron chi connectivity index (χ2n) is 2.35. The number of rotatable bonds is 1. The molecule has 0 saturated carbocycles. The summed E-state index contributed by atoms with van der Waals surface area (Å²) in [5.41, 5.74) is 0. The van der Waals surface area contributed by atoms with Gasteiger partial charge in [-0.3, -0.25) is 4.79 Å². The lowest BCUT2D eigenvalue weighted by Crippen LogP contribution is -2.29. The molecule has 1 fully saturated rings. The number of carbonyl (C=O) groups is 1. The fraction of sp³-hybridized carbons (Fsp3) is 0.833. The minimum absolute atomic E-state index is 0.0673. The summed E-state index contributed by atoms with van der Waals surface area (Å²) in [6, 6.07) is -0.141. The molecule has 1 amide bonds. The molecule has 9 heavy (non-hydrogen) atoms. The molecular weight excluding hydrogens is 121 g/mol. The Bertz CT molecular complexity index is 126. The summed E-state index contributed by atoms with van der Waals surface area (Å²) >= 11 is 0. The van der Waals surface area contributed by atoms with Crippen LogP contribution in [-0.2, 0) is 4.79 Å². The van der Waals surface area contributed by atoms with Crippen molar-refractivity contribution < 1.29 is 9.18 Å². The molecule has 0 aromatic rings. The van der Waals surface area contributed by atoms with Crippen LogP contribution in [0.3, 0.4) is 0 Å². The van der Waals surface area contributed by atoms with Crippen molar-refractivity contribution in [1.29, 1.82) is 0 Å². The molecular formula is C6H10FNO. The van der Waals surface area contributed by atoms with Gasteiger partial charge in [0.25, 0.3) is 0 Å². The topological polar surface area (TPSA) is 20.3 Å². The molecule has 0 unspecified atom stereocenters. The molecule has 1 heterocycles. The van der Waals surface area contributed by atoms with Crippen molar-refractivity contribution in [3.63, 3.8) is 0 Å². The van der Waals surface area contributed by atoms with E-state index in [1.165, 1.54) is 4.90 Å². The summed E-state index contributed by atoms with van der Waals surface area (Å²) in [4.78, 5) is 12.2. The second-order valence-corrected chi connectivity index (χ2v) is 2.35. The zero-order valence-electron chi connectivity index (χ0n) is 5.43. The molecule has 0 aromatic heterocycles. The Morgan fingerprint density at radius 2 is 2.56 bits per heavy atom. The van der Waals surface area contributed by atoms with E-state index in [1.807, 2.05) is 0 Å². The van der Waals surface area contributed by atoms with Crippen LogP contribution < -0.4 is 0 Å². The van der Waals surface area contributed by atoms with Gasteiger partial charge in [0, 0.05) is 13.5 Å². The number of amides is 1. The third-order valence-electron chi connectivity index (χ3n) is 1.81. The van der Waals surface area contributed by atoms with Crippen molar-refractivity contribution in [3.8, 4) is 0 Å². The average molecular weight is 131 g/mol. The Labute approximate surface area is 53.6 Å². The number of carbonyl (C=O) groups excluding carboxylic acids is 1. The van der Waals surface area contributed by atoms with Gasteiger partial charge in [-0.15, -0.1) is 0 Å². The first-order valence-corrected chi connectivity index (χ1v) is 3.07. The molecule has 1 aliphatic rings. The van der Waals surface area contributed by atoms with Gasteiger partial charge in [-0.05, 0) is 6.42 Å². The minimum atomic E-state index is -0.401. The predicted molar refractivity (Wildman–Crippen MR) is 31.8 cm³/mol. The van der Waals surface area contributed by atoms with Crippen LogP contribution in [0, 0.1) is 0 Å². The maximum absolute atomic E-state index is 11.9. The number of likely N-dealkylation sites (tertiary alicyclic amines) is 1. The summed E-state index contributed by atoms with van der Waals surface area (Å²) < 4.78 is 11.9. The number of hydrogen-bond donors (Lipinski definition) is 0. The molecule has 0 aromatic carbocycles. The Morgan fingerprint density at radius 1 is 1.89 bits per heavy atom. The molecule has 1 rings (SSSR count). The van der Waals surface area contributed by atoms with Gasteiger partial charge >= 0.3 is 0 Å². The monoisotopic (exact) mass is 131 g/mol. The quantitative estimate of drug-likeness (QED) is 0.509. The standard InChI is InChI=1S/C6H10FNO/c1-8-5(4-7)2-3-6(8)9/h5H,2-4H2,1H3/t5-/m1/s1. The normalized spacial score (nSPS) is 27.6. The molecule has 0 spiro atoms. The molecule has 52 valence electrons. The Kier molecular flexibility index (Phi) is 1.69. The highest BCUT2D eigenvalue weighted by Gasteiger charge is 2.26. The molecule has 0 radical (unpaired) electrons. The Morgan fingerprint density at radius 3 is 2.78 bits per heavy atom. The van der Waals surface area contributed by atoms with Gasteiger partial charge in [-0.1, -0.05) is 0 Å². The van der Waals surface area contributed by atoms with E-state index in [4.69, 9.17) is 0 Å². The lowest BCUT2D eigenvalue weighted by atomic mass is 10.2. The van der Waals surface area contributed by atoms with Gasteiger partial charge in [0.1, 0.15) is 6.67 Å². The van der Waals surface area contributed by atoms with E-state index in [-0.39, 0.29) is 11.9 Å². The van der Waals surface area contributed by atoms with Gasteiger partial charge in [0.05, 0.1) is 6.04 Å². The van der Waals surface area contributed by atoms with Gasteiger partial charge in [-0.25, -0.2) is 4.39 Å². The largest absolute Gasteiger partial charge is 0.340 e. The zero-order valence-corrected chi connectivity index (χ0v) is 5.43. The molecule has 1 aliphatic heterocycles. The third-order valence-corrected chi connectivity index (χ3v) is 1.81. The van der Waals surface area contributed by atoms with Gasteiger partial charge in [0.2, 0.25) is 5.91 Å². The Balaban J connectivity index is 2.51. The van der Waals surface area contributed by atoms with Crippen molar-refractivity contribution in [1.82, 2.24) is 4.90 Å². The minimum Gasteiger partial charge on any atom is -0.340 e. The zero-order chi connectivity index (χ0) is 6.85. The fourth-order valence-electron chi connectivity index (χ4n) is 1.04. The Hall–Kier alpha value is -0.600. The van der Waals surface area contributed by atoms with E-state index in [0.29, 0.717) is 12.8 Å². The molecule has 2 nitrogen and oxygen atoms in total. The van der Waals surface area contributed by atoms with E-state index >= 15 is 0 Å². The first kappa shape index (κ1) is 6.52. The summed E-state index contributed by atoms with van der Waals surface area (Å²) in [5, 5.41) is 0. The highest BCUT2D eigenvalue weighted by molar-refractivity contribution is 5.78. The number of alkyl halides is 1. The maximum Gasteiger partial charge on any atom is 0.222 e. The van der Waals surface area contributed by atoms with Crippen LogP contribution in [0.1, 0.15) is 12.8 Å². The van der Waals surface area contributed by atoms with Crippen molar-refractivity contribution in [2.75, 3.05) is 13.7 Å². The fourth-order valence-corrected chi connectivity index (χ4v) is 1.04. The van der Waals surface area contributed by atoms with E-state index in [1.54, 1.807) is 7.05 Å². The molecule has 3 heteroatoms. The van der Waals surface area contributed by atoms with Crippen LogP contribution in [0.4, 0.5) is 4.39 Å². The highest BCUT2D eigenvalue weighted by Crippen LogP contribution is 2.15. The van der Waals surface area contributed by atoms with Crippen molar-refractivity contribution in [3.05, 3.63) is 0 Å². The van der Waals surface area contributed by atoms with Crippen LogP contribution >= 0.6 is 0 Å². The third kappa shape index (κ3) is 1.04. The van der Waals surface area contributed by atoms with Gasteiger partial charge < -0.3 is 4.90 Å². The van der Waals surface area contributed by atoms with E-state index in [9.17, 15) is 9.18 Å². The highest BCUT2D eigenvalue weighted by atomic mass is 19.1. The van der Waals surface area contributed by atoms with Crippen LogP contribution in [0.2, 0.25) is 0 Å². The van der Waals surface area contributed by atoms with Crippen LogP contribution in [0.5, 0.6) is 0 Å². The molecule has 0 aliphatic carbocycles. The van der Waals surface area contributed by atoms with Crippen molar-refractivity contribution >= 4 is 5.91 Å². The van der Waals surface area contributed by atoms with Gasteiger partial charge in [-0.2, -0.15) is 0 Å². The first-order valence-electron chi connectivity index (χ1n) is 3.07. The maximum atomic E-state index is 11.9. The molecule has 1 atom stereocenters. The lowest BCUT2D eigenvalue weighted by molar-refractivity contribution is -0.127. The van der Waals surface area contributed by atoms with E-state index in [0.717, 1.165) is 0 Å². The summed E-state index contributed by atoms with van der Waals surface area (Å²) in [5.74, 6) is 0.0673. The summed E-state index contributed by atoms with van der Waals surface area (Å²) in [7, 11) is 1.65. The second kappa shape index (κ2) is 2.33. The number of hydrogen-bond acceptors (Lipinski definition) is 1. The van der Waals surface area contributed by atoms with Crippen LogP contribution in [-0.4, -0.2) is 30.6 Å². The predicted octanol–water partition coefficient (Wildman–Crippen LogP) is 0.577. The van der Waals surface area contributed by atoms with Crippen LogP contribution in [0.15, 0.2) is 0 Å². The van der Waals surface area contributed by atoms with E-state index in [2.05, 4.69) is 0 Å². The molecule has 0 bridgehead atoms. The SMILES string of the molecule is CN1C(=O)CC[C@@H]1CF. The molecule has 1 saturated heterocycles. The van der Waals surface area contributed by atoms with Crippen molar-refractivity contribution in [2.24, 2.45) is 0 Å². The number of halogens is 1. The van der Waals surface area contributed by atoms with E-state index < -0.39 is 6.67 Å².